The van der Waals surface area contributed by atoms with Crippen molar-refractivity contribution in [3.63, 3.8) is 0 Å². The lowest BCUT2D eigenvalue weighted by Crippen LogP contribution is -2.22. The van der Waals surface area contributed by atoms with Gasteiger partial charge in [-0.05, 0) is 29.8 Å². The summed E-state index contributed by atoms with van der Waals surface area (Å²) in [6.07, 6.45) is 3.37. The number of aromatic nitrogens is 1. The topological polar surface area (TPSA) is 62.2 Å². The fraction of sp³-hybridized carbons (Fsp3) is 0.125. The molecule has 0 radical (unpaired) electrons. The molecule has 0 unspecified atom stereocenters. The highest BCUT2D eigenvalue weighted by Crippen LogP contribution is 2.17. The summed E-state index contributed by atoms with van der Waals surface area (Å²) in [5.41, 5.74) is 1.95. The molecular weight excluding hydrogens is 288 g/mol. The Labute approximate surface area is 127 Å². The van der Waals surface area contributed by atoms with E-state index in [2.05, 4.69) is 22.1 Å². The number of nitrogens with zero attached hydrogens (tertiary/aromatic N) is 1. The van der Waals surface area contributed by atoms with Crippen molar-refractivity contribution in [1.29, 1.82) is 0 Å². The van der Waals surface area contributed by atoms with Gasteiger partial charge in [-0.1, -0.05) is 29.5 Å². The van der Waals surface area contributed by atoms with Crippen LogP contribution in [0.25, 0.3) is 0 Å². The zero-order valence-corrected chi connectivity index (χ0v) is 11.9. The molecule has 0 atom stereocenters. The molecule has 0 spiro atoms. The molecule has 2 aromatic rings. The second kappa shape index (κ2) is 7.44. The number of nitrogens with one attached hydrogen (secondary N) is 1. The summed E-state index contributed by atoms with van der Waals surface area (Å²) in [7, 11) is 0. The molecule has 4 nitrogen and oxygen atoms in total. The molecule has 106 valence electrons. The van der Waals surface area contributed by atoms with E-state index in [1.54, 1.807) is 30.6 Å². The third-order valence-corrected chi connectivity index (χ3v) is 3.02. The lowest BCUT2D eigenvalue weighted by Gasteiger charge is -2.06. The van der Waals surface area contributed by atoms with Gasteiger partial charge >= 0.3 is 0 Å². The smallest absolute Gasteiger partial charge is 0.251 e. The van der Waals surface area contributed by atoms with Crippen LogP contribution >= 0.6 is 11.6 Å². The quantitative estimate of drug-likeness (QED) is 0.852. The van der Waals surface area contributed by atoms with Crippen molar-refractivity contribution in [3.8, 4) is 11.8 Å². The minimum absolute atomic E-state index is 0.220. The van der Waals surface area contributed by atoms with Crippen molar-refractivity contribution < 1.29 is 9.90 Å². The zero-order chi connectivity index (χ0) is 15.1. The van der Waals surface area contributed by atoms with Crippen LogP contribution in [0.2, 0.25) is 5.02 Å². The predicted octanol–water partition coefficient (Wildman–Crippen LogP) is 2.01. The third kappa shape index (κ3) is 4.32. The molecular formula is C16H13ClN2O2. The van der Waals surface area contributed by atoms with E-state index in [0.29, 0.717) is 22.7 Å². The number of halogens is 1. The van der Waals surface area contributed by atoms with Gasteiger partial charge in [-0.15, -0.1) is 0 Å². The summed E-state index contributed by atoms with van der Waals surface area (Å²) < 4.78 is 0. The van der Waals surface area contributed by atoms with Gasteiger partial charge < -0.3 is 10.4 Å². The van der Waals surface area contributed by atoms with Crippen LogP contribution in [0.15, 0.2) is 42.7 Å². The first-order chi connectivity index (χ1) is 10.2. The minimum Gasteiger partial charge on any atom is -0.384 e. The zero-order valence-electron chi connectivity index (χ0n) is 11.1. The van der Waals surface area contributed by atoms with Gasteiger partial charge in [0.2, 0.25) is 0 Å². The van der Waals surface area contributed by atoms with Gasteiger partial charge in [0.15, 0.2) is 0 Å². The molecule has 0 aliphatic carbocycles. The average molecular weight is 301 g/mol. The van der Waals surface area contributed by atoms with Crippen molar-refractivity contribution in [2.45, 2.75) is 6.54 Å². The number of aliphatic hydroxyl groups excluding tert-OH is 1. The monoisotopic (exact) mass is 300 g/mol. The molecule has 2 N–H and O–H groups in total. The highest BCUT2D eigenvalue weighted by atomic mass is 35.5. The maximum Gasteiger partial charge on any atom is 0.251 e. The Morgan fingerprint density at radius 1 is 1.38 bits per heavy atom. The summed E-state index contributed by atoms with van der Waals surface area (Å²) in [6.45, 7) is 0.167. The summed E-state index contributed by atoms with van der Waals surface area (Å²) in [5.74, 6) is 5.01. The van der Waals surface area contributed by atoms with Crippen LogP contribution in [0.1, 0.15) is 21.5 Å². The number of hydrogen-bond acceptors (Lipinski definition) is 3. The normalized spacial score (nSPS) is 9.62. The Kier molecular flexibility index (Phi) is 5.33. The third-order valence-electron chi connectivity index (χ3n) is 2.71. The molecule has 0 aliphatic rings. The highest BCUT2D eigenvalue weighted by Gasteiger charge is 2.07. The number of rotatable bonds is 3. The molecule has 0 fully saturated rings. The highest BCUT2D eigenvalue weighted by molar-refractivity contribution is 6.32. The van der Waals surface area contributed by atoms with Gasteiger partial charge in [0, 0.05) is 30.1 Å². The van der Waals surface area contributed by atoms with Crippen molar-refractivity contribution in [1.82, 2.24) is 10.3 Å². The van der Waals surface area contributed by atoms with Gasteiger partial charge in [0.1, 0.15) is 6.61 Å². The summed E-state index contributed by atoms with van der Waals surface area (Å²) in [4.78, 5) is 16.0. The van der Waals surface area contributed by atoms with Crippen molar-refractivity contribution >= 4 is 17.5 Å². The van der Waals surface area contributed by atoms with Crippen molar-refractivity contribution in [2.75, 3.05) is 6.61 Å². The first kappa shape index (κ1) is 15.0. The first-order valence-corrected chi connectivity index (χ1v) is 6.65. The van der Waals surface area contributed by atoms with Gasteiger partial charge in [-0.25, -0.2) is 0 Å². The average Bonchev–Trinajstić information content (AvgIpc) is 2.52. The van der Waals surface area contributed by atoms with E-state index in [0.717, 1.165) is 5.56 Å². The fourth-order valence-electron chi connectivity index (χ4n) is 1.68. The number of aliphatic hydroxyl groups is 1. The number of amides is 1. The van der Waals surface area contributed by atoms with E-state index < -0.39 is 0 Å². The Hall–Kier alpha value is -2.35. The molecule has 0 aliphatic heterocycles. The van der Waals surface area contributed by atoms with E-state index in [4.69, 9.17) is 16.7 Å². The van der Waals surface area contributed by atoms with E-state index in [-0.39, 0.29) is 12.5 Å². The number of hydrogen-bond donors (Lipinski definition) is 2. The number of pyridine rings is 1. The molecule has 2 rings (SSSR count). The van der Waals surface area contributed by atoms with Crippen LogP contribution in [0.5, 0.6) is 0 Å². The maximum absolute atomic E-state index is 12.0. The standard InChI is InChI=1S/C16H13ClN2O2/c17-15-9-14(6-5-13(15)4-2-8-20)16(21)19-11-12-3-1-7-18-10-12/h1,3,5-7,9-10,20H,8,11H2,(H,19,21). The number of carbonyl (C=O) groups is 1. The Morgan fingerprint density at radius 2 is 2.24 bits per heavy atom. The van der Waals surface area contributed by atoms with Gasteiger partial charge in [-0.3, -0.25) is 9.78 Å². The molecule has 1 aromatic carbocycles. The van der Waals surface area contributed by atoms with Gasteiger partial charge in [0.25, 0.3) is 5.91 Å². The van der Waals surface area contributed by atoms with Crippen molar-refractivity contribution in [2.24, 2.45) is 0 Å². The van der Waals surface area contributed by atoms with Crippen LogP contribution in [-0.4, -0.2) is 22.6 Å². The molecule has 0 saturated carbocycles. The summed E-state index contributed by atoms with van der Waals surface area (Å²) in [6, 6.07) is 8.55. The summed E-state index contributed by atoms with van der Waals surface area (Å²) in [5, 5.41) is 11.8. The molecule has 0 saturated heterocycles. The van der Waals surface area contributed by atoms with Crippen LogP contribution < -0.4 is 5.32 Å². The maximum atomic E-state index is 12.0. The van der Waals surface area contributed by atoms with Gasteiger partial charge in [0.05, 0.1) is 5.02 Å². The fourth-order valence-corrected chi connectivity index (χ4v) is 1.91. The van der Waals surface area contributed by atoms with Crippen LogP contribution in [-0.2, 0) is 6.54 Å². The number of benzene rings is 1. The molecule has 21 heavy (non-hydrogen) atoms. The number of carbonyl (C=O) groups excluding carboxylic acids is 1. The van der Waals surface area contributed by atoms with Crippen LogP contribution in [0.4, 0.5) is 0 Å². The lowest BCUT2D eigenvalue weighted by molar-refractivity contribution is 0.0951. The molecule has 5 heteroatoms. The van der Waals surface area contributed by atoms with E-state index >= 15 is 0 Å². The predicted molar refractivity (Wildman–Crippen MR) is 80.8 cm³/mol. The summed E-state index contributed by atoms with van der Waals surface area (Å²) >= 11 is 6.05. The Morgan fingerprint density at radius 3 is 2.90 bits per heavy atom. The lowest BCUT2D eigenvalue weighted by atomic mass is 10.1. The van der Waals surface area contributed by atoms with E-state index in [1.807, 2.05) is 12.1 Å². The van der Waals surface area contributed by atoms with E-state index in [9.17, 15) is 4.79 Å². The Balaban J connectivity index is 2.04. The van der Waals surface area contributed by atoms with Gasteiger partial charge in [-0.2, -0.15) is 0 Å². The first-order valence-electron chi connectivity index (χ1n) is 6.27. The largest absolute Gasteiger partial charge is 0.384 e. The molecule has 0 bridgehead atoms. The van der Waals surface area contributed by atoms with Crippen molar-refractivity contribution in [3.05, 3.63) is 64.4 Å². The molecule has 1 amide bonds. The Bertz CT molecular complexity index is 690. The molecule has 1 heterocycles. The second-order valence-electron chi connectivity index (χ2n) is 4.20. The second-order valence-corrected chi connectivity index (χ2v) is 4.61. The minimum atomic E-state index is -0.232. The van der Waals surface area contributed by atoms with E-state index in [1.165, 1.54) is 0 Å². The SMILES string of the molecule is O=C(NCc1cccnc1)c1ccc(C#CCO)c(Cl)c1. The van der Waals surface area contributed by atoms with Crippen LogP contribution in [0.3, 0.4) is 0 Å². The van der Waals surface area contributed by atoms with Crippen LogP contribution in [0, 0.1) is 11.8 Å². The molecule has 1 aromatic heterocycles.